The summed E-state index contributed by atoms with van der Waals surface area (Å²) in [6.45, 7) is 4.91. The number of hydrogen-bond acceptors (Lipinski definition) is 3. The maximum absolute atomic E-state index is 11.0. The summed E-state index contributed by atoms with van der Waals surface area (Å²) in [7, 11) is -4.12. The summed E-state index contributed by atoms with van der Waals surface area (Å²) in [5, 5.41) is 0. The van der Waals surface area contributed by atoms with Crippen LogP contribution in [0.3, 0.4) is 0 Å². The first kappa shape index (κ1) is 32.3. The largest absolute Gasteiger partial charge is 0.378 e. The van der Waals surface area contributed by atoms with Gasteiger partial charge in [-0.3, -0.25) is 4.57 Å². The van der Waals surface area contributed by atoms with E-state index >= 15 is 0 Å². The molecule has 1 rings (SSSR count). The second-order valence-electron chi connectivity index (χ2n) is 10.1. The predicted molar refractivity (Wildman–Crippen MR) is 147 cm³/mol. The first-order valence-corrected chi connectivity index (χ1v) is 16.0. The molecule has 0 aliphatic carbocycles. The summed E-state index contributed by atoms with van der Waals surface area (Å²) in [4.78, 5) is 18.0. The van der Waals surface area contributed by atoms with Gasteiger partial charge < -0.3 is 19.3 Å². The van der Waals surface area contributed by atoms with Gasteiger partial charge in [0.05, 0.1) is 12.2 Å². The van der Waals surface area contributed by atoms with Gasteiger partial charge in [-0.1, -0.05) is 121 Å². The van der Waals surface area contributed by atoms with Gasteiger partial charge in [-0.25, -0.2) is 0 Å². The fourth-order valence-corrected chi connectivity index (χ4v) is 4.84. The van der Waals surface area contributed by atoms with Gasteiger partial charge in [0, 0.05) is 6.61 Å². The van der Waals surface area contributed by atoms with Crippen LogP contribution in [0.1, 0.15) is 122 Å². The highest BCUT2D eigenvalue weighted by atomic mass is 31.2. The lowest BCUT2D eigenvalue weighted by molar-refractivity contribution is 0.0236. The molecule has 1 aromatic rings. The minimum absolute atomic E-state index is 0.0977. The van der Waals surface area contributed by atoms with E-state index in [4.69, 9.17) is 19.3 Å². The smallest absolute Gasteiger partial charge is 0.350 e. The van der Waals surface area contributed by atoms with Crippen LogP contribution in [0, 0.1) is 0 Å². The van der Waals surface area contributed by atoms with Gasteiger partial charge in [0.2, 0.25) is 0 Å². The van der Waals surface area contributed by atoms with Crippen molar-refractivity contribution in [3.05, 3.63) is 35.9 Å². The molecular formula is C29H53O5P. The molecule has 0 amide bonds. The van der Waals surface area contributed by atoms with E-state index in [0.29, 0.717) is 0 Å². The van der Waals surface area contributed by atoms with Crippen LogP contribution in [-0.4, -0.2) is 34.9 Å². The highest BCUT2D eigenvalue weighted by Crippen LogP contribution is 2.34. The van der Waals surface area contributed by atoms with Gasteiger partial charge in [-0.15, -0.1) is 0 Å². The summed E-state index contributed by atoms with van der Waals surface area (Å²) in [5.74, 6) is 0. The van der Waals surface area contributed by atoms with Gasteiger partial charge >= 0.3 is 7.60 Å². The molecule has 0 fully saturated rings. The molecule has 0 saturated heterocycles. The Labute approximate surface area is 215 Å². The quantitative estimate of drug-likeness (QED) is 0.107. The molecule has 1 aromatic carbocycles. The van der Waals surface area contributed by atoms with Crippen molar-refractivity contribution in [1.82, 2.24) is 0 Å². The van der Waals surface area contributed by atoms with Crippen LogP contribution in [0.15, 0.2) is 30.3 Å². The van der Waals surface area contributed by atoms with Gasteiger partial charge in [0.15, 0.2) is 0 Å². The number of ether oxygens (including phenoxy) is 2. The standard InChI is InChI=1S/C29H53O5P/c1-3-4-5-6-7-8-9-10-11-12-13-14-15-19-24-33-29(25-28-20-17-16-18-21-28)23-22-27(2)34-26-35(30,31)32/h16-18,20-21,27,29H,3-15,19,22-26H2,1-2H3,(H2,30,31,32). The Kier molecular flexibility index (Phi) is 19.7. The fraction of sp³-hybridized carbons (Fsp3) is 0.793. The van der Waals surface area contributed by atoms with E-state index in [-0.39, 0.29) is 12.2 Å². The minimum atomic E-state index is -4.12. The summed E-state index contributed by atoms with van der Waals surface area (Å²) in [5.41, 5.74) is 1.25. The van der Waals surface area contributed by atoms with E-state index in [9.17, 15) is 4.57 Å². The molecule has 2 atom stereocenters. The molecule has 0 heterocycles. The Morgan fingerprint density at radius 3 is 1.77 bits per heavy atom. The number of benzene rings is 1. The van der Waals surface area contributed by atoms with Crippen molar-refractivity contribution in [2.75, 3.05) is 13.0 Å². The lowest BCUT2D eigenvalue weighted by atomic mass is 10.0. The average molecular weight is 513 g/mol. The van der Waals surface area contributed by atoms with Gasteiger partial charge in [-0.05, 0) is 38.2 Å². The maximum Gasteiger partial charge on any atom is 0.350 e. The number of unbranched alkanes of at least 4 members (excludes halogenated alkanes) is 13. The van der Waals surface area contributed by atoms with Crippen LogP contribution in [-0.2, 0) is 20.5 Å². The summed E-state index contributed by atoms with van der Waals surface area (Å²) in [6.07, 6.45) is 20.6. The molecule has 0 aliphatic rings. The van der Waals surface area contributed by atoms with Gasteiger partial charge in [0.25, 0.3) is 0 Å². The first-order valence-electron chi connectivity index (χ1n) is 14.2. The van der Waals surface area contributed by atoms with Crippen LogP contribution in [0.4, 0.5) is 0 Å². The van der Waals surface area contributed by atoms with Crippen LogP contribution in [0.25, 0.3) is 0 Å². The van der Waals surface area contributed by atoms with Gasteiger partial charge in [0.1, 0.15) is 6.35 Å². The van der Waals surface area contributed by atoms with Gasteiger partial charge in [-0.2, -0.15) is 0 Å². The maximum atomic E-state index is 11.0. The Morgan fingerprint density at radius 1 is 0.743 bits per heavy atom. The molecular weight excluding hydrogens is 459 g/mol. The monoisotopic (exact) mass is 512 g/mol. The third-order valence-corrected chi connectivity index (χ3v) is 7.07. The number of rotatable bonds is 24. The predicted octanol–water partition coefficient (Wildman–Crippen LogP) is 8.42. The van der Waals surface area contributed by atoms with Crippen molar-refractivity contribution in [1.29, 1.82) is 0 Å². The molecule has 0 bridgehead atoms. The Morgan fingerprint density at radius 2 is 1.26 bits per heavy atom. The van der Waals surface area contributed by atoms with Crippen LogP contribution >= 0.6 is 7.60 Å². The summed E-state index contributed by atoms with van der Waals surface area (Å²) < 4.78 is 22.6. The van der Waals surface area contributed by atoms with Crippen molar-refractivity contribution >= 4 is 7.60 Å². The molecule has 2 N–H and O–H groups in total. The third kappa shape index (κ3) is 21.1. The average Bonchev–Trinajstić information content (AvgIpc) is 2.83. The molecule has 204 valence electrons. The van der Waals surface area contributed by atoms with E-state index in [1.165, 1.54) is 89.0 Å². The van der Waals surface area contributed by atoms with E-state index in [1.54, 1.807) is 0 Å². The van der Waals surface area contributed by atoms with Crippen LogP contribution < -0.4 is 0 Å². The summed E-state index contributed by atoms with van der Waals surface area (Å²) >= 11 is 0. The summed E-state index contributed by atoms with van der Waals surface area (Å²) in [6, 6.07) is 10.4. The second-order valence-corrected chi connectivity index (χ2v) is 11.7. The van der Waals surface area contributed by atoms with Crippen molar-refractivity contribution < 1.29 is 23.8 Å². The molecule has 0 saturated carbocycles. The fourth-order valence-electron chi connectivity index (χ4n) is 4.40. The topological polar surface area (TPSA) is 76.0 Å². The van der Waals surface area contributed by atoms with Crippen LogP contribution in [0.2, 0.25) is 0 Å². The SMILES string of the molecule is CCCCCCCCCCCCCCCCOC(CCC(C)OCP(=O)(O)O)Cc1ccccc1. The molecule has 0 aromatic heterocycles. The molecule has 0 radical (unpaired) electrons. The molecule has 35 heavy (non-hydrogen) atoms. The van der Waals surface area contributed by atoms with E-state index in [2.05, 4.69) is 19.1 Å². The van der Waals surface area contributed by atoms with Crippen LogP contribution in [0.5, 0.6) is 0 Å². The van der Waals surface area contributed by atoms with Crippen molar-refractivity contribution in [3.8, 4) is 0 Å². The molecule has 0 spiro atoms. The molecule has 6 heteroatoms. The lowest BCUT2D eigenvalue weighted by Gasteiger charge is -2.21. The number of hydrogen-bond donors (Lipinski definition) is 2. The van der Waals surface area contributed by atoms with E-state index in [1.807, 2.05) is 25.1 Å². The van der Waals surface area contributed by atoms with Crippen molar-refractivity contribution in [2.24, 2.45) is 0 Å². The Bertz CT molecular complexity index is 633. The van der Waals surface area contributed by atoms with Crippen molar-refractivity contribution in [3.63, 3.8) is 0 Å². The van der Waals surface area contributed by atoms with E-state index in [0.717, 1.165) is 32.3 Å². The normalized spacial score (nSPS) is 13.7. The first-order chi connectivity index (χ1) is 16.9. The zero-order chi connectivity index (χ0) is 25.6. The molecule has 5 nitrogen and oxygen atoms in total. The second kappa shape index (κ2) is 21.4. The highest BCUT2D eigenvalue weighted by molar-refractivity contribution is 7.51. The molecule has 2 unspecified atom stereocenters. The third-order valence-electron chi connectivity index (χ3n) is 6.58. The zero-order valence-electron chi connectivity index (χ0n) is 22.5. The minimum Gasteiger partial charge on any atom is -0.378 e. The Hall–Kier alpha value is -0.710. The van der Waals surface area contributed by atoms with Crippen molar-refractivity contribution in [2.45, 2.75) is 135 Å². The highest BCUT2D eigenvalue weighted by Gasteiger charge is 2.17. The molecule has 0 aliphatic heterocycles. The van der Waals surface area contributed by atoms with E-state index < -0.39 is 13.9 Å². The Balaban J connectivity index is 2.13. The zero-order valence-corrected chi connectivity index (χ0v) is 23.4. The lowest BCUT2D eigenvalue weighted by Crippen LogP contribution is -2.20.